The van der Waals surface area contributed by atoms with Gasteiger partial charge in [0.05, 0.1) is 11.4 Å². The van der Waals surface area contributed by atoms with Crippen molar-refractivity contribution in [1.29, 1.82) is 16.2 Å². The van der Waals surface area contributed by atoms with E-state index in [0.29, 0.717) is 12.0 Å². The van der Waals surface area contributed by atoms with E-state index in [-0.39, 0.29) is 17.3 Å². The van der Waals surface area contributed by atoms with Crippen LogP contribution in [0.4, 0.5) is 0 Å². The van der Waals surface area contributed by atoms with Gasteiger partial charge in [-0.05, 0) is 25.6 Å². The molecule has 0 saturated carbocycles. The molecule has 7 N–H and O–H groups in total. The van der Waals surface area contributed by atoms with Crippen molar-refractivity contribution in [1.82, 2.24) is 0 Å². The topological polar surface area (TPSA) is 133 Å². The molecule has 2 aromatic rings. The van der Waals surface area contributed by atoms with Crippen molar-refractivity contribution < 1.29 is 4.74 Å². The zero-order valence-corrected chi connectivity index (χ0v) is 17.7. The van der Waals surface area contributed by atoms with Crippen molar-refractivity contribution in [2.75, 3.05) is 7.05 Å². The van der Waals surface area contributed by atoms with Crippen LogP contribution >= 0.6 is 0 Å². The van der Waals surface area contributed by atoms with Crippen LogP contribution in [0.3, 0.4) is 0 Å². The molecule has 1 unspecified atom stereocenters. The summed E-state index contributed by atoms with van der Waals surface area (Å²) in [6.45, 7) is 5.68. The van der Waals surface area contributed by atoms with Gasteiger partial charge in [0.15, 0.2) is 5.90 Å². The molecule has 156 valence electrons. The van der Waals surface area contributed by atoms with E-state index in [9.17, 15) is 0 Å². The SMILES string of the molecule is CC.CC(N)OC(=N)C/C=C/c1cccc(C(=N)C(=N)c2ccccc2)c1.CN. The molecular weight excluding hydrogens is 362 g/mol. The molecule has 0 saturated heterocycles. The summed E-state index contributed by atoms with van der Waals surface area (Å²) in [5.41, 5.74) is 12.6. The Balaban J connectivity index is 0.00000184. The van der Waals surface area contributed by atoms with E-state index in [1.807, 2.05) is 80.6 Å². The first-order chi connectivity index (χ1) is 14.0. The van der Waals surface area contributed by atoms with E-state index in [1.165, 1.54) is 7.05 Å². The minimum absolute atomic E-state index is 0.112. The van der Waals surface area contributed by atoms with Gasteiger partial charge in [-0.3, -0.25) is 22.0 Å². The van der Waals surface area contributed by atoms with Crippen LogP contribution in [0.15, 0.2) is 60.7 Å². The highest BCUT2D eigenvalue weighted by Gasteiger charge is 2.10. The molecule has 0 heterocycles. The highest BCUT2D eigenvalue weighted by atomic mass is 16.5. The summed E-state index contributed by atoms with van der Waals surface area (Å²) in [5.74, 6) is 0.112. The monoisotopic (exact) mass is 395 g/mol. The Morgan fingerprint density at radius 3 is 2.07 bits per heavy atom. The Bertz CT molecular complexity index is 798. The Labute approximate surface area is 174 Å². The summed E-state index contributed by atoms with van der Waals surface area (Å²) in [6, 6.07) is 16.7. The van der Waals surface area contributed by atoms with Crippen LogP contribution in [0.25, 0.3) is 6.08 Å². The number of hydrogen-bond donors (Lipinski definition) is 5. The van der Waals surface area contributed by atoms with Crippen LogP contribution in [0.5, 0.6) is 0 Å². The first-order valence-electron chi connectivity index (χ1n) is 9.54. The maximum atomic E-state index is 8.28. The number of nitrogens with two attached hydrogens (primary N) is 2. The molecule has 29 heavy (non-hydrogen) atoms. The van der Waals surface area contributed by atoms with Gasteiger partial charge in [-0.25, -0.2) is 0 Å². The molecule has 2 rings (SSSR count). The van der Waals surface area contributed by atoms with E-state index in [0.717, 1.165) is 11.1 Å². The van der Waals surface area contributed by atoms with Crippen molar-refractivity contribution >= 4 is 23.4 Å². The molecule has 6 nitrogen and oxygen atoms in total. The Morgan fingerprint density at radius 2 is 1.48 bits per heavy atom. The first-order valence-corrected chi connectivity index (χ1v) is 9.54. The maximum Gasteiger partial charge on any atom is 0.186 e. The van der Waals surface area contributed by atoms with Gasteiger partial charge in [-0.15, -0.1) is 0 Å². The fourth-order valence-corrected chi connectivity index (χ4v) is 2.27. The summed E-state index contributed by atoms with van der Waals surface area (Å²) in [5, 5.41) is 24.1. The second-order valence-electron chi connectivity index (χ2n) is 5.59. The van der Waals surface area contributed by atoms with Crippen LogP contribution in [0.2, 0.25) is 0 Å². The standard InChI is InChI=1S/C20H22N4O.C2H6.CH5N/c1-14(21)25-18(22)12-6-8-15-7-5-11-17(13-15)20(24)19(23)16-9-3-2-4-10-16;2*1-2/h2-11,13-14,22-24H,12,21H2,1H3;1-2H3;2H2,1H3/b8-6+,22-18?,23-19?,24-20?;;. The number of nitrogens with one attached hydrogen (secondary N) is 3. The largest absolute Gasteiger partial charge is 0.463 e. The van der Waals surface area contributed by atoms with E-state index >= 15 is 0 Å². The van der Waals surface area contributed by atoms with Gasteiger partial charge in [0.1, 0.15) is 6.23 Å². The molecule has 0 aromatic heterocycles. The summed E-state index contributed by atoms with van der Waals surface area (Å²) in [6.07, 6.45) is 3.54. The van der Waals surface area contributed by atoms with Crippen molar-refractivity contribution in [2.45, 2.75) is 33.4 Å². The third-order valence-corrected chi connectivity index (χ3v) is 3.43. The molecule has 0 amide bonds. The van der Waals surface area contributed by atoms with Crippen LogP contribution in [0, 0.1) is 16.2 Å². The third kappa shape index (κ3) is 9.60. The van der Waals surface area contributed by atoms with Gasteiger partial charge in [-0.1, -0.05) is 74.5 Å². The van der Waals surface area contributed by atoms with Crippen molar-refractivity contribution in [3.63, 3.8) is 0 Å². The average molecular weight is 396 g/mol. The lowest BCUT2D eigenvalue weighted by molar-refractivity contribution is 0.209. The Hall–Kier alpha value is -3.09. The predicted molar refractivity (Wildman–Crippen MR) is 124 cm³/mol. The molecule has 0 bridgehead atoms. The molecule has 0 aliphatic heterocycles. The van der Waals surface area contributed by atoms with E-state index in [2.05, 4.69) is 5.73 Å². The Kier molecular flexibility index (Phi) is 13.3. The third-order valence-electron chi connectivity index (χ3n) is 3.43. The van der Waals surface area contributed by atoms with E-state index in [1.54, 1.807) is 6.92 Å². The lowest BCUT2D eigenvalue weighted by Gasteiger charge is -2.08. The van der Waals surface area contributed by atoms with Gasteiger partial charge in [0.25, 0.3) is 0 Å². The van der Waals surface area contributed by atoms with Crippen LogP contribution in [-0.2, 0) is 4.74 Å². The van der Waals surface area contributed by atoms with E-state index in [4.69, 9.17) is 26.7 Å². The molecule has 0 fully saturated rings. The van der Waals surface area contributed by atoms with Crippen LogP contribution in [-0.4, -0.2) is 30.6 Å². The fourth-order valence-electron chi connectivity index (χ4n) is 2.27. The zero-order chi connectivity index (χ0) is 22.2. The number of hydrogen-bond acceptors (Lipinski definition) is 6. The molecule has 6 heteroatoms. The molecule has 2 aromatic carbocycles. The number of rotatable bonds is 7. The quantitative estimate of drug-likeness (QED) is 0.270. The number of ether oxygens (including phenoxy) is 1. The lowest BCUT2D eigenvalue weighted by Crippen LogP contribution is -2.22. The second-order valence-corrected chi connectivity index (χ2v) is 5.59. The molecule has 0 spiro atoms. The molecule has 0 aliphatic rings. The summed E-state index contributed by atoms with van der Waals surface area (Å²) < 4.78 is 5.08. The molecule has 0 radical (unpaired) electrons. The smallest absolute Gasteiger partial charge is 0.186 e. The maximum absolute atomic E-state index is 8.28. The second kappa shape index (κ2) is 14.9. The fraction of sp³-hybridized carbons (Fsp3) is 0.261. The first kappa shape index (κ1) is 25.9. The van der Waals surface area contributed by atoms with Crippen molar-refractivity contribution in [3.05, 3.63) is 77.4 Å². The zero-order valence-electron chi connectivity index (χ0n) is 17.7. The predicted octanol–water partition coefficient (Wildman–Crippen LogP) is 4.43. The normalized spacial score (nSPS) is 10.7. The van der Waals surface area contributed by atoms with Gasteiger partial charge in [-0.2, -0.15) is 0 Å². The minimum atomic E-state index is -0.492. The molecular formula is C23H33N5O. The number of benzene rings is 2. The summed E-state index contributed by atoms with van der Waals surface area (Å²) >= 11 is 0. The minimum Gasteiger partial charge on any atom is -0.463 e. The summed E-state index contributed by atoms with van der Waals surface area (Å²) in [7, 11) is 1.50. The van der Waals surface area contributed by atoms with Gasteiger partial charge in [0, 0.05) is 17.5 Å². The van der Waals surface area contributed by atoms with Crippen molar-refractivity contribution in [3.8, 4) is 0 Å². The summed E-state index contributed by atoms with van der Waals surface area (Å²) in [4.78, 5) is 0. The van der Waals surface area contributed by atoms with Gasteiger partial charge < -0.3 is 10.5 Å². The van der Waals surface area contributed by atoms with E-state index < -0.39 is 6.23 Å². The lowest BCUT2D eigenvalue weighted by atomic mass is 9.98. The highest BCUT2D eigenvalue weighted by Crippen LogP contribution is 2.12. The highest BCUT2D eigenvalue weighted by molar-refractivity contribution is 6.51. The average Bonchev–Trinajstić information content (AvgIpc) is 2.76. The van der Waals surface area contributed by atoms with Gasteiger partial charge >= 0.3 is 0 Å². The van der Waals surface area contributed by atoms with Crippen molar-refractivity contribution in [2.24, 2.45) is 11.5 Å². The van der Waals surface area contributed by atoms with Gasteiger partial charge in [0.2, 0.25) is 0 Å². The molecule has 0 aliphatic carbocycles. The molecule has 1 atom stereocenters. The van der Waals surface area contributed by atoms with Crippen LogP contribution < -0.4 is 11.5 Å². The van der Waals surface area contributed by atoms with Crippen LogP contribution in [0.1, 0.15) is 43.9 Å². The Morgan fingerprint density at radius 1 is 0.931 bits per heavy atom.